The molecule has 1 heterocycles. The van der Waals surface area contributed by atoms with Crippen molar-refractivity contribution in [1.29, 1.82) is 0 Å². The molecule has 176 valence electrons. The van der Waals surface area contributed by atoms with E-state index < -0.39 is 22.4 Å². The SMILES string of the molecule is Cn1cnnc1Sc1ccc(C(=O)Nc2ccc(Cl)cc2C(=O)c2ccccc2F)cc1[N+](=O)[O-]. The third-order valence-corrected chi connectivity index (χ3v) is 6.23. The topological polar surface area (TPSA) is 120 Å². The zero-order valence-corrected chi connectivity index (χ0v) is 19.5. The Morgan fingerprint density at radius 1 is 1.11 bits per heavy atom. The second kappa shape index (κ2) is 10.0. The molecule has 1 amide bonds. The summed E-state index contributed by atoms with van der Waals surface area (Å²) in [5.74, 6) is -2.10. The Hall–Kier alpha value is -4.09. The van der Waals surface area contributed by atoms with E-state index in [0.29, 0.717) is 5.16 Å². The van der Waals surface area contributed by atoms with E-state index in [1.165, 1.54) is 54.9 Å². The normalized spacial score (nSPS) is 10.7. The molecule has 0 aliphatic heterocycles. The summed E-state index contributed by atoms with van der Waals surface area (Å²) in [5.41, 5.74) is -0.457. The summed E-state index contributed by atoms with van der Waals surface area (Å²) in [6, 6.07) is 13.6. The molecule has 0 aliphatic rings. The van der Waals surface area contributed by atoms with Gasteiger partial charge in [-0.25, -0.2) is 4.39 Å². The van der Waals surface area contributed by atoms with Crippen LogP contribution >= 0.6 is 23.4 Å². The number of ketones is 1. The predicted octanol–water partition coefficient (Wildman–Crippen LogP) is 5.15. The van der Waals surface area contributed by atoms with Crippen LogP contribution in [0.2, 0.25) is 5.02 Å². The molecule has 4 rings (SSSR count). The third kappa shape index (κ3) is 5.20. The number of nitro benzene ring substituents is 1. The van der Waals surface area contributed by atoms with Gasteiger partial charge in [0.2, 0.25) is 0 Å². The number of hydrogen-bond donors (Lipinski definition) is 1. The van der Waals surface area contributed by atoms with Gasteiger partial charge < -0.3 is 9.88 Å². The zero-order chi connectivity index (χ0) is 25.1. The predicted molar refractivity (Wildman–Crippen MR) is 127 cm³/mol. The average molecular weight is 512 g/mol. The minimum atomic E-state index is -0.721. The lowest BCUT2D eigenvalue weighted by Gasteiger charge is -2.12. The molecule has 0 aliphatic carbocycles. The quantitative estimate of drug-likeness (QED) is 0.207. The number of nitro groups is 1. The summed E-state index contributed by atoms with van der Waals surface area (Å²) in [4.78, 5) is 37.2. The second-order valence-corrected chi connectivity index (χ2v) is 8.66. The van der Waals surface area contributed by atoms with Crippen LogP contribution in [-0.2, 0) is 7.05 Å². The first kappa shape index (κ1) is 24.0. The Morgan fingerprint density at radius 2 is 1.89 bits per heavy atom. The van der Waals surface area contributed by atoms with Gasteiger partial charge in [0.05, 0.1) is 21.1 Å². The molecule has 0 fully saturated rings. The summed E-state index contributed by atoms with van der Waals surface area (Å²) < 4.78 is 15.8. The van der Waals surface area contributed by atoms with Crippen LogP contribution in [0.15, 0.2) is 77.0 Å². The number of hydrogen-bond acceptors (Lipinski definition) is 7. The van der Waals surface area contributed by atoms with Gasteiger partial charge in [-0.3, -0.25) is 19.7 Å². The summed E-state index contributed by atoms with van der Waals surface area (Å²) >= 11 is 7.07. The first-order valence-corrected chi connectivity index (χ1v) is 11.1. The van der Waals surface area contributed by atoms with Crippen molar-refractivity contribution in [3.63, 3.8) is 0 Å². The number of nitrogens with zero attached hydrogens (tertiary/aromatic N) is 4. The number of benzene rings is 3. The van der Waals surface area contributed by atoms with E-state index in [2.05, 4.69) is 15.5 Å². The summed E-state index contributed by atoms with van der Waals surface area (Å²) in [6.07, 6.45) is 1.46. The first-order chi connectivity index (χ1) is 16.7. The van der Waals surface area contributed by atoms with E-state index in [9.17, 15) is 24.1 Å². The summed E-state index contributed by atoms with van der Waals surface area (Å²) in [6.45, 7) is 0. The molecule has 1 N–H and O–H groups in total. The molecule has 12 heteroatoms. The zero-order valence-electron chi connectivity index (χ0n) is 17.9. The lowest BCUT2D eigenvalue weighted by atomic mass is 10.0. The van der Waals surface area contributed by atoms with E-state index in [-0.39, 0.29) is 38.0 Å². The van der Waals surface area contributed by atoms with Gasteiger partial charge >= 0.3 is 0 Å². The molecule has 35 heavy (non-hydrogen) atoms. The lowest BCUT2D eigenvalue weighted by Crippen LogP contribution is -2.16. The molecular weight excluding hydrogens is 497 g/mol. The number of anilines is 1. The third-order valence-electron chi connectivity index (χ3n) is 4.88. The Morgan fingerprint density at radius 3 is 2.57 bits per heavy atom. The highest BCUT2D eigenvalue weighted by Crippen LogP contribution is 2.34. The molecule has 9 nitrogen and oxygen atoms in total. The van der Waals surface area contributed by atoms with Gasteiger partial charge in [-0.05, 0) is 54.2 Å². The van der Waals surface area contributed by atoms with Crippen molar-refractivity contribution >= 4 is 46.4 Å². The fourth-order valence-electron chi connectivity index (χ4n) is 3.15. The summed E-state index contributed by atoms with van der Waals surface area (Å²) in [7, 11) is 1.70. The molecule has 0 atom stereocenters. The minimum Gasteiger partial charge on any atom is -0.321 e. The van der Waals surface area contributed by atoms with Gasteiger partial charge in [-0.15, -0.1) is 10.2 Å². The van der Waals surface area contributed by atoms with Crippen molar-refractivity contribution in [2.24, 2.45) is 7.05 Å². The molecule has 3 aromatic carbocycles. The van der Waals surface area contributed by atoms with Crippen LogP contribution in [0.5, 0.6) is 0 Å². The molecule has 0 bridgehead atoms. The van der Waals surface area contributed by atoms with E-state index in [4.69, 9.17) is 11.6 Å². The number of rotatable bonds is 7. The Balaban J connectivity index is 1.64. The number of carbonyl (C=O) groups is 2. The maximum Gasteiger partial charge on any atom is 0.284 e. The van der Waals surface area contributed by atoms with Crippen molar-refractivity contribution in [3.05, 3.63) is 105 Å². The van der Waals surface area contributed by atoms with Crippen LogP contribution in [0.3, 0.4) is 0 Å². The fourth-order valence-corrected chi connectivity index (χ4v) is 4.17. The van der Waals surface area contributed by atoms with E-state index in [1.807, 2.05) is 0 Å². The van der Waals surface area contributed by atoms with Gasteiger partial charge in [0.15, 0.2) is 10.9 Å². The number of aromatic nitrogens is 3. The second-order valence-electron chi connectivity index (χ2n) is 7.22. The maximum atomic E-state index is 14.2. The van der Waals surface area contributed by atoms with Gasteiger partial charge in [-0.2, -0.15) is 0 Å². The van der Waals surface area contributed by atoms with Crippen LogP contribution < -0.4 is 5.32 Å². The minimum absolute atomic E-state index is 0.0155. The Labute approximate surface area is 207 Å². The molecule has 0 saturated carbocycles. The smallest absolute Gasteiger partial charge is 0.284 e. The van der Waals surface area contributed by atoms with Gasteiger partial charge in [0.1, 0.15) is 12.1 Å². The van der Waals surface area contributed by atoms with Crippen LogP contribution in [0, 0.1) is 15.9 Å². The van der Waals surface area contributed by atoms with Crippen LogP contribution in [0.25, 0.3) is 0 Å². The molecule has 0 spiro atoms. The number of amides is 1. The largest absolute Gasteiger partial charge is 0.321 e. The number of nitrogens with one attached hydrogen (secondary N) is 1. The van der Waals surface area contributed by atoms with Crippen LogP contribution in [-0.4, -0.2) is 31.4 Å². The molecule has 0 unspecified atom stereocenters. The van der Waals surface area contributed by atoms with Crippen molar-refractivity contribution in [2.45, 2.75) is 10.1 Å². The Kier molecular flexibility index (Phi) is 6.90. The number of carbonyl (C=O) groups excluding carboxylic acids is 2. The van der Waals surface area contributed by atoms with Crippen molar-refractivity contribution in [2.75, 3.05) is 5.32 Å². The highest BCUT2D eigenvalue weighted by Gasteiger charge is 2.22. The van der Waals surface area contributed by atoms with Crippen molar-refractivity contribution in [1.82, 2.24) is 14.8 Å². The molecule has 1 aromatic heterocycles. The van der Waals surface area contributed by atoms with Crippen LogP contribution in [0.4, 0.5) is 15.8 Å². The number of aryl methyl sites for hydroxylation is 1. The standard InChI is InChI=1S/C23H15ClFN5O4S/c1-29-12-26-28-23(29)35-20-9-6-13(10-19(20)30(33)34)22(32)27-18-8-7-14(24)11-16(18)21(31)15-4-2-3-5-17(15)25/h2-12H,1H3,(H,27,32). The molecular formula is C23H15ClFN5O4S. The first-order valence-electron chi connectivity index (χ1n) is 9.95. The van der Waals surface area contributed by atoms with Crippen molar-refractivity contribution in [3.8, 4) is 0 Å². The molecule has 0 saturated heterocycles. The Bertz CT molecular complexity index is 1480. The molecule has 0 radical (unpaired) electrons. The maximum absolute atomic E-state index is 14.2. The summed E-state index contributed by atoms with van der Waals surface area (Å²) in [5, 5.41) is 22.5. The van der Waals surface area contributed by atoms with Gasteiger partial charge in [0, 0.05) is 29.3 Å². The van der Waals surface area contributed by atoms with Crippen LogP contribution in [0.1, 0.15) is 26.3 Å². The highest BCUT2D eigenvalue weighted by atomic mass is 35.5. The average Bonchev–Trinajstić information content (AvgIpc) is 3.24. The van der Waals surface area contributed by atoms with Crippen molar-refractivity contribution < 1.29 is 18.9 Å². The van der Waals surface area contributed by atoms with E-state index >= 15 is 0 Å². The monoisotopic (exact) mass is 511 g/mol. The fraction of sp³-hybridized carbons (Fsp3) is 0.0435. The number of halogens is 2. The molecule has 4 aromatic rings. The van der Waals surface area contributed by atoms with Gasteiger partial charge in [-0.1, -0.05) is 23.7 Å². The van der Waals surface area contributed by atoms with Gasteiger partial charge in [0.25, 0.3) is 11.6 Å². The van der Waals surface area contributed by atoms with E-state index in [1.54, 1.807) is 11.6 Å². The lowest BCUT2D eigenvalue weighted by molar-refractivity contribution is -0.387. The highest BCUT2D eigenvalue weighted by molar-refractivity contribution is 7.99. The van der Waals surface area contributed by atoms with E-state index in [0.717, 1.165) is 23.9 Å².